The van der Waals surface area contributed by atoms with Crippen LogP contribution in [0.25, 0.3) is 0 Å². The van der Waals surface area contributed by atoms with E-state index >= 15 is 0 Å². The van der Waals surface area contributed by atoms with Gasteiger partial charge in [0.05, 0.1) is 9.79 Å². The summed E-state index contributed by atoms with van der Waals surface area (Å²) in [6, 6.07) is 15.4. The Kier molecular flexibility index (Phi) is 5.01. The molecule has 2 aromatic rings. The standard InChI is InChI=1S/C17H22N2O2S/c1-13(18)17(19(2)3)14-9-11-16(12-10-14)22(20,21)15-7-5-4-6-8-15/h4-13,17H,18H2,1-3H3. The van der Waals surface area contributed by atoms with Gasteiger partial charge in [0.1, 0.15) is 0 Å². The lowest BCUT2D eigenvalue weighted by atomic mass is 10.0. The Hall–Kier alpha value is -1.69. The number of likely N-dealkylation sites (N-methyl/N-ethyl adjacent to an activating group) is 1. The second kappa shape index (κ2) is 6.60. The van der Waals surface area contributed by atoms with Crippen LogP contribution in [0.15, 0.2) is 64.4 Å². The zero-order valence-corrected chi connectivity index (χ0v) is 13.9. The first-order chi connectivity index (χ1) is 10.3. The van der Waals surface area contributed by atoms with Gasteiger partial charge in [-0.25, -0.2) is 8.42 Å². The molecular formula is C17H22N2O2S. The number of benzene rings is 2. The lowest BCUT2D eigenvalue weighted by Gasteiger charge is -2.28. The highest BCUT2D eigenvalue weighted by molar-refractivity contribution is 7.91. The fraction of sp³-hybridized carbons (Fsp3) is 0.294. The van der Waals surface area contributed by atoms with Crippen molar-refractivity contribution >= 4 is 9.84 Å². The van der Waals surface area contributed by atoms with Crippen LogP contribution in [0.3, 0.4) is 0 Å². The molecule has 2 N–H and O–H groups in total. The molecule has 2 rings (SSSR count). The predicted molar refractivity (Wildman–Crippen MR) is 88.4 cm³/mol. The van der Waals surface area contributed by atoms with E-state index in [9.17, 15) is 8.42 Å². The van der Waals surface area contributed by atoms with Gasteiger partial charge in [-0.15, -0.1) is 0 Å². The van der Waals surface area contributed by atoms with Gasteiger partial charge in [0.2, 0.25) is 9.84 Å². The van der Waals surface area contributed by atoms with E-state index in [1.807, 2.05) is 38.1 Å². The van der Waals surface area contributed by atoms with Crippen LogP contribution in [0, 0.1) is 0 Å². The number of nitrogens with zero attached hydrogens (tertiary/aromatic N) is 1. The highest BCUT2D eigenvalue weighted by atomic mass is 32.2. The molecule has 0 aliphatic carbocycles. The molecule has 0 aliphatic rings. The molecule has 22 heavy (non-hydrogen) atoms. The average molecular weight is 318 g/mol. The molecular weight excluding hydrogens is 296 g/mol. The molecule has 4 nitrogen and oxygen atoms in total. The molecule has 118 valence electrons. The van der Waals surface area contributed by atoms with Crippen LogP contribution in [0.2, 0.25) is 0 Å². The minimum absolute atomic E-state index is 0.0495. The first-order valence-electron chi connectivity index (χ1n) is 7.16. The smallest absolute Gasteiger partial charge is 0.206 e. The molecule has 0 radical (unpaired) electrons. The molecule has 0 fully saturated rings. The van der Waals surface area contributed by atoms with Crippen LogP contribution in [-0.4, -0.2) is 33.5 Å². The van der Waals surface area contributed by atoms with Crippen molar-refractivity contribution in [2.24, 2.45) is 5.73 Å². The van der Waals surface area contributed by atoms with Crippen molar-refractivity contribution in [2.75, 3.05) is 14.1 Å². The first kappa shape index (κ1) is 16.7. The number of hydrogen-bond donors (Lipinski definition) is 1. The molecule has 0 aromatic heterocycles. The summed E-state index contributed by atoms with van der Waals surface area (Å²) < 4.78 is 25.1. The summed E-state index contributed by atoms with van der Waals surface area (Å²) in [6.45, 7) is 1.94. The summed E-state index contributed by atoms with van der Waals surface area (Å²) in [4.78, 5) is 2.63. The summed E-state index contributed by atoms with van der Waals surface area (Å²) in [5.41, 5.74) is 7.03. The molecule has 2 aromatic carbocycles. The van der Waals surface area contributed by atoms with E-state index in [0.717, 1.165) is 5.56 Å². The number of hydrogen-bond acceptors (Lipinski definition) is 4. The molecule has 0 saturated heterocycles. The van der Waals surface area contributed by atoms with Crippen molar-refractivity contribution in [3.63, 3.8) is 0 Å². The van der Waals surface area contributed by atoms with E-state index < -0.39 is 9.84 Å². The third-order valence-electron chi connectivity index (χ3n) is 3.64. The Balaban J connectivity index is 2.37. The number of sulfone groups is 1. The molecule has 0 spiro atoms. The summed E-state index contributed by atoms with van der Waals surface area (Å²) in [7, 11) is 0.455. The van der Waals surface area contributed by atoms with Gasteiger partial charge < -0.3 is 10.6 Å². The summed E-state index contributed by atoms with van der Waals surface area (Å²) in [5, 5.41) is 0. The van der Waals surface area contributed by atoms with E-state index in [2.05, 4.69) is 0 Å². The predicted octanol–water partition coefficient (Wildman–Crippen LogP) is 2.47. The second-order valence-corrected chi connectivity index (χ2v) is 7.60. The van der Waals surface area contributed by atoms with E-state index in [1.165, 1.54) is 0 Å². The fourth-order valence-electron chi connectivity index (χ4n) is 2.65. The Morgan fingerprint density at radius 3 is 1.86 bits per heavy atom. The van der Waals surface area contributed by atoms with Gasteiger partial charge in [0.25, 0.3) is 0 Å². The molecule has 0 bridgehead atoms. The van der Waals surface area contributed by atoms with Crippen LogP contribution < -0.4 is 5.73 Å². The van der Waals surface area contributed by atoms with E-state index in [4.69, 9.17) is 5.73 Å². The maximum absolute atomic E-state index is 12.5. The van der Waals surface area contributed by atoms with Crippen molar-refractivity contribution < 1.29 is 8.42 Å². The van der Waals surface area contributed by atoms with E-state index in [1.54, 1.807) is 42.5 Å². The van der Waals surface area contributed by atoms with Gasteiger partial charge >= 0.3 is 0 Å². The Bertz CT molecular complexity index is 700. The highest BCUT2D eigenvalue weighted by Gasteiger charge is 2.21. The summed E-state index contributed by atoms with van der Waals surface area (Å²) >= 11 is 0. The van der Waals surface area contributed by atoms with Crippen LogP contribution in [0.1, 0.15) is 18.5 Å². The quantitative estimate of drug-likeness (QED) is 0.920. The zero-order valence-electron chi connectivity index (χ0n) is 13.1. The topological polar surface area (TPSA) is 63.4 Å². The molecule has 0 aliphatic heterocycles. The second-order valence-electron chi connectivity index (χ2n) is 5.65. The third kappa shape index (κ3) is 3.38. The minimum Gasteiger partial charge on any atom is -0.326 e. The summed E-state index contributed by atoms with van der Waals surface area (Å²) in [6.07, 6.45) is 0. The van der Waals surface area contributed by atoms with Crippen LogP contribution >= 0.6 is 0 Å². The lowest BCUT2D eigenvalue weighted by Crippen LogP contribution is -2.35. The van der Waals surface area contributed by atoms with E-state index in [-0.39, 0.29) is 12.1 Å². The molecule has 2 atom stereocenters. The Morgan fingerprint density at radius 1 is 0.909 bits per heavy atom. The Labute approximate surface area is 132 Å². The van der Waals surface area contributed by atoms with Gasteiger partial charge in [0.15, 0.2) is 0 Å². The highest BCUT2D eigenvalue weighted by Crippen LogP contribution is 2.25. The van der Waals surface area contributed by atoms with Gasteiger partial charge in [-0.05, 0) is 50.8 Å². The largest absolute Gasteiger partial charge is 0.326 e. The third-order valence-corrected chi connectivity index (χ3v) is 5.43. The molecule has 0 heterocycles. The zero-order chi connectivity index (χ0) is 16.3. The number of nitrogens with two attached hydrogens (primary N) is 1. The SMILES string of the molecule is CC(N)C(c1ccc(S(=O)(=O)c2ccccc2)cc1)N(C)C. The van der Waals surface area contributed by atoms with Crippen molar-refractivity contribution in [1.29, 1.82) is 0 Å². The van der Waals surface area contributed by atoms with Gasteiger partial charge in [-0.2, -0.15) is 0 Å². The normalized spacial score (nSPS) is 14.8. The lowest BCUT2D eigenvalue weighted by molar-refractivity contribution is 0.266. The first-order valence-corrected chi connectivity index (χ1v) is 8.64. The van der Waals surface area contributed by atoms with Crippen molar-refractivity contribution in [3.05, 3.63) is 60.2 Å². The van der Waals surface area contributed by atoms with Crippen LogP contribution in [0.4, 0.5) is 0 Å². The minimum atomic E-state index is -3.47. The van der Waals surface area contributed by atoms with Gasteiger partial charge in [-0.3, -0.25) is 0 Å². The van der Waals surface area contributed by atoms with Gasteiger partial charge in [-0.1, -0.05) is 30.3 Å². The average Bonchev–Trinajstić information content (AvgIpc) is 2.48. The maximum Gasteiger partial charge on any atom is 0.206 e. The maximum atomic E-state index is 12.5. The molecule has 5 heteroatoms. The van der Waals surface area contributed by atoms with Crippen molar-refractivity contribution in [3.8, 4) is 0 Å². The van der Waals surface area contributed by atoms with E-state index in [0.29, 0.717) is 9.79 Å². The van der Waals surface area contributed by atoms with Crippen molar-refractivity contribution in [2.45, 2.75) is 28.8 Å². The van der Waals surface area contributed by atoms with Crippen LogP contribution in [0.5, 0.6) is 0 Å². The fourth-order valence-corrected chi connectivity index (χ4v) is 3.93. The van der Waals surface area contributed by atoms with Crippen molar-refractivity contribution in [1.82, 2.24) is 4.90 Å². The molecule has 0 saturated carbocycles. The molecule has 2 unspecified atom stereocenters. The van der Waals surface area contributed by atoms with Gasteiger partial charge in [0, 0.05) is 12.1 Å². The van der Waals surface area contributed by atoms with Crippen LogP contribution in [-0.2, 0) is 9.84 Å². The number of rotatable bonds is 5. The molecule has 0 amide bonds. The monoisotopic (exact) mass is 318 g/mol. The summed E-state index contributed by atoms with van der Waals surface area (Å²) in [5.74, 6) is 0. The Morgan fingerprint density at radius 2 is 1.41 bits per heavy atom.